The Bertz CT molecular complexity index is 367. The standard InChI is InChI=1S/C16H24O2/c1-12(2)14-8-5-9-15(10-14)18-11-16(17)13-6-3-4-7-13/h5,8-10,12-13,16-17H,3-4,6-7,11H2,1-2H3. The average molecular weight is 248 g/mol. The summed E-state index contributed by atoms with van der Waals surface area (Å²) in [5.74, 6) is 1.82. The third kappa shape index (κ3) is 3.49. The van der Waals surface area contributed by atoms with E-state index in [0.717, 1.165) is 18.6 Å². The van der Waals surface area contributed by atoms with Crippen molar-refractivity contribution in [2.24, 2.45) is 5.92 Å². The minimum atomic E-state index is -0.310. The monoisotopic (exact) mass is 248 g/mol. The zero-order valence-corrected chi connectivity index (χ0v) is 11.4. The molecule has 0 aliphatic heterocycles. The summed E-state index contributed by atoms with van der Waals surface area (Å²) in [6, 6.07) is 8.18. The largest absolute Gasteiger partial charge is 0.491 e. The van der Waals surface area contributed by atoms with Gasteiger partial charge in [0.15, 0.2) is 0 Å². The maximum absolute atomic E-state index is 10.1. The number of rotatable bonds is 5. The molecule has 1 aliphatic carbocycles. The van der Waals surface area contributed by atoms with Gasteiger partial charge in [-0.2, -0.15) is 0 Å². The lowest BCUT2D eigenvalue weighted by molar-refractivity contribution is 0.0593. The molecule has 0 bridgehead atoms. The Labute approximate surface area is 110 Å². The number of aliphatic hydroxyl groups excluding tert-OH is 1. The number of benzene rings is 1. The maximum atomic E-state index is 10.1. The molecule has 0 amide bonds. The van der Waals surface area contributed by atoms with E-state index in [1.165, 1.54) is 18.4 Å². The second-order valence-corrected chi connectivity index (χ2v) is 5.65. The Morgan fingerprint density at radius 1 is 1.28 bits per heavy atom. The molecule has 0 saturated heterocycles. The quantitative estimate of drug-likeness (QED) is 0.860. The van der Waals surface area contributed by atoms with E-state index in [4.69, 9.17) is 4.74 Å². The van der Waals surface area contributed by atoms with Gasteiger partial charge in [0, 0.05) is 0 Å². The molecular formula is C16H24O2. The average Bonchev–Trinajstić information content (AvgIpc) is 2.90. The van der Waals surface area contributed by atoms with Crippen molar-refractivity contribution in [2.75, 3.05) is 6.61 Å². The molecule has 1 fully saturated rings. The molecule has 0 radical (unpaired) electrons. The number of aliphatic hydroxyl groups is 1. The molecule has 1 saturated carbocycles. The van der Waals surface area contributed by atoms with Crippen molar-refractivity contribution in [1.29, 1.82) is 0 Å². The fourth-order valence-corrected chi connectivity index (χ4v) is 2.62. The van der Waals surface area contributed by atoms with Crippen LogP contribution in [0.3, 0.4) is 0 Å². The van der Waals surface area contributed by atoms with E-state index in [-0.39, 0.29) is 6.10 Å². The van der Waals surface area contributed by atoms with E-state index in [1.807, 2.05) is 12.1 Å². The summed E-state index contributed by atoms with van der Waals surface area (Å²) >= 11 is 0. The SMILES string of the molecule is CC(C)c1cccc(OCC(O)C2CCCC2)c1. The molecule has 2 heteroatoms. The highest BCUT2D eigenvalue weighted by Crippen LogP contribution is 2.28. The first-order valence-electron chi connectivity index (χ1n) is 7.07. The van der Waals surface area contributed by atoms with Gasteiger partial charge in [-0.15, -0.1) is 0 Å². The molecule has 2 nitrogen and oxygen atoms in total. The molecule has 0 spiro atoms. The molecule has 100 valence electrons. The second kappa shape index (κ2) is 6.24. The van der Waals surface area contributed by atoms with Crippen molar-refractivity contribution in [2.45, 2.75) is 51.6 Å². The summed E-state index contributed by atoms with van der Waals surface area (Å²) in [5, 5.41) is 10.1. The van der Waals surface area contributed by atoms with Gasteiger partial charge in [-0.3, -0.25) is 0 Å². The van der Waals surface area contributed by atoms with Crippen LogP contribution in [0.25, 0.3) is 0 Å². The Morgan fingerprint density at radius 3 is 2.67 bits per heavy atom. The van der Waals surface area contributed by atoms with E-state index >= 15 is 0 Å². The first-order valence-corrected chi connectivity index (χ1v) is 7.07. The highest BCUT2D eigenvalue weighted by Gasteiger charge is 2.23. The summed E-state index contributed by atoms with van der Waals surface area (Å²) in [5.41, 5.74) is 1.28. The van der Waals surface area contributed by atoms with E-state index in [2.05, 4.69) is 26.0 Å². The molecule has 18 heavy (non-hydrogen) atoms. The third-order valence-electron chi connectivity index (χ3n) is 3.89. The molecule has 1 unspecified atom stereocenters. The van der Waals surface area contributed by atoms with Crippen molar-refractivity contribution in [3.05, 3.63) is 29.8 Å². The van der Waals surface area contributed by atoms with Crippen molar-refractivity contribution >= 4 is 0 Å². The van der Waals surface area contributed by atoms with Crippen molar-refractivity contribution < 1.29 is 9.84 Å². The number of hydrogen-bond acceptors (Lipinski definition) is 2. The zero-order chi connectivity index (χ0) is 13.0. The predicted molar refractivity (Wildman–Crippen MR) is 74.0 cm³/mol. The predicted octanol–water partition coefficient (Wildman–Crippen LogP) is 3.74. The lowest BCUT2D eigenvalue weighted by atomic mass is 10.0. The van der Waals surface area contributed by atoms with Crippen molar-refractivity contribution in [3.8, 4) is 5.75 Å². The van der Waals surface area contributed by atoms with Gasteiger partial charge in [-0.25, -0.2) is 0 Å². The van der Waals surface area contributed by atoms with Gasteiger partial charge in [0.05, 0.1) is 6.10 Å². The van der Waals surface area contributed by atoms with Crippen LogP contribution in [0.2, 0.25) is 0 Å². The van der Waals surface area contributed by atoms with Gasteiger partial charge in [-0.05, 0) is 42.4 Å². The van der Waals surface area contributed by atoms with Crippen LogP contribution in [0, 0.1) is 5.92 Å². The molecule has 1 aromatic carbocycles. The van der Waals surface area contributed by atoms with Gasteiger partial charge in [0.2, 0.25) is 0 Å². The highest BCUT2D eigenvalue weighted by molar-refractivity contribution is 5.30. The van der Waals surface area contributed by atoms with E-state index < -0.39 is 0 Å². The van der Waals surface area contributed by atoms with Crippen molar-refractivity contribution in [1.82, 2.24) is 0 Å². The molecule has 1 N–H and O–H groups in total. The Kier molecular flexibility index (Phi) is 4.65. The van der Waals surface area contributed by atoms with Gasteiger partial charge in [0.1, 0.15) is 12.4 Å². The molecule has 1 atom stereocenters. The lowest BCUT2D eigenvalue weighted by Crippen LogP contribution is -2.25. The van der Waals surface area contributed by atoms with Crippen LogP contribution in [0.15, 0.2) is 24.3 Å². The van der Waals surface area contributed by atoms with E-state index in [1.54, 1.807) is 0 Å². The van der Waals surface area contributed by atoms with Crippen LogP contribution in [-0.4, -0.2) is 17.8 Å². The molecule has 1 aromatic rings. The molecule has 0 aromatic heterocycles. The van der Waals surface area contributed by atoms with Crippen LogP contribution in [0.1, 0.15) is 51.0 Å². The molecule has 2 rings (SSSR count). The third-order valence-corrected chi connectivity index (χ3v) is 3.89. The van der Waals surface area contributed by atoms with Gasteiger partial charge < -0.3 is 9.84 Å². The van der Waals surface area contributed by atoms with E-state index in [0.29, 0.717) is 18.4 Å². The van der Waals surface area contributed by atoms with Crippen LogP contribution >= 0.6 is 0 Å². The van der Waals surface area contributed by atoms with Crippen LogP contribution in [0.4, 0.5) is 0 Å². The smallest absolute Gasteiger partial charge is 0.119 e. The Hall–Kier alpha value is -1.02. The molecule has 0 heterocycles. The van der Waals surface area contributed by atoms with Gasteiger partial charge in [-0.1, -0.05) is 38.8 Å². The van der Waals surface area contributed by atoms with Gasteiger partial charge >= 0.3 is 0 Å². The molecule has 1 aliphatic rings. The summed E-state index contributed by atoms with van der Waals surface area (Å²) in [7, 11) is 0. The minimum Gasteiger partial charge on any atom is -0.491 e. The highest BCUT2D eigenvalue weighted by atomic mass is 16.5. The normalized spacial score (nSPS) is 18.2. The van der Waals surface area contributed by atoms with Crippen LogP contribution < -0.4 is 4.74 Å². The summed E-state index contributed by atoms with van der Waals surface area (Å²) in [6.45, 7) is 4.77. The second-order valence-electron chi connectivity index (χ2n) is 5.65. The lowest BCUT2D eigenvalue weighted by Gasteiger charge is -2.18. The Morgan fingerprint density at radius 2 is 2.00 bits per heavy atom. The molecular weight excluding hydrogens is 224 g/mol. The zero-order valence-electron chi connectivity index (χ0n) is 11.4. The summed E-state index contributed by atoms with van der Waals surface area (Å²) in [4.78, 5) is 0. The Balaban J connectivity index is 1.87. The number of hydrogen-bond donors (Lipinski definition) is 1. The first-order chi connectivity index (χ1) is 8.66. The van der Waals surface area contributed by atoms with Crippen molar-refractivity contribution in [3.63, 3.8) is 0 Å². The van der Waals surface area contributed by atoms with Gasteiger partial charge in [0.25, 0.3) is 0 Å². The topological polar surface area (TPSA) is 29.5 Å². The van der Waals surface area contributed by atoms with E-state index in [9.17, 15) is 5.11 Å². The first kappa shape index (κ1) is 13.4. The van der Waals surface area contributed by atoms with Crippen LogP contribution in [0.5, 0.6) is 5.75 Å². The fourth-order valence-electron chi connectivity index (χ4n) is 2.62. The number of ether oxygens (including phenoxy) is 1. The summed E-state index contributed by atoms with van der Waals surface area (Å²) in [6.07, 6.45) is 4.50. The van der Waals surface area contributed by atoms with Crippen LogP contribution in [-0.2, 0) is 0 Å². The minimum absolute atomic E-state index is 0.310. The summed E-state index contributed by atoms with van der Waals surface area (Å²) < 4.78 is 5.72. The maximum Gasteiger partial charge on any atom is 0.119 e. The fraction of sp³-hybridized carbons (Fsp3) is 0.625.